The van der Waals surface area contributed by atoms with Gasteiger partial charge in [-0.1, -0.05) is 121 Å². The quantitative estimate of drug-likeness (QED) is 0.0653. The predicted molar refractivity (Wildman–Crippen MR) is 224 cm³/mol. The molecule has 0 bridgehead atoms. The Kier molecular flexibility index (Phi) is 11.6. The van der Waals surface area contributed by atoms with Crippen LogP contribution in [-0.4, -0.2) is 48.9 Å². The van der Waals surface area contributed by atoms with E-state index in [9.17, 15) is 9.59 Å². The van der Waals surface area contributed by atoms with Crippen LogP contribution in [0.4, 0.5) is 0 Å². The smallest absolute Gasteiger partial charge is 0.318 e. The Morgan fingerprint density at radius 2 is 0.873 bits per heavy atom. The molecule has 0 spiro atoms. The van der Waals surface area contributed by atoms with E-state index in [2.05, 4.69) is 122 Å². The van der Waals surface area contributed by atoms with Crippen molar-refractivity contribution in [2.24, 2.45) is 0 Å². The molecule has 0 fully saturated rings. The Morgan fingerprint density at radius 3 is 1.27 bits per heavy atom. The number of carbonyl (C=O) groups excluding carboxylic acids is 2. The molecule has 55 heavy (non-hydrogen) atoms. The molecule has 0 aliphatic heterocycles. The first-order valence-electron chi connectivity index (χ1n) is 18.3. The third-order valence-electron chi connectivity index (χ3n) is 9.80. The van der Waals surface area contributed by atoms with Crippen LogP contribution in [0.15, 0.2) is 146 Å². The van der Waals surface area contributed by atoms with Gasteiger partial charge in [0.1, 0.15) is 37.9 Å². The van der Waals surface area contributed by atoms with E-state index in [-0.39, 0.29) is 38.4 Å². The molecule has 7 rings (SSSR count). The van der Waals surface area contributed by atoms with Crippen molar-refractivity contribution < 1.29 is 28.5 Å². The minimum atomic E-state index is -0.728. The number of benzene rings is 6. The first-order chi connectivity index (χ1) is 26.8. The topological polar surface area (TPSA) is 71.1 Å². The van der Waals surface area contributed by atoms with Crippen LogP contribution in [0.1, 0.15) is 36.1 Å². The number of rotatable bonds is 14. The second-order valence-electron chi connectivity index (χ2n) is 13.4. The lowest BCUT2D eigenvalue weighted by Gasteiger charge is -2.35. The molecular weight excluding hydrogens is 725 g/mol. The number of esters is 2. The standard InChI is InChI=1S/C47H42O6S2/c1-31(54)45(48)52-27-25-50-43-23-21-35(29-39(43)33-13-5-3-6-14-33)47(41-19-11-9-17-37(41)38-18-10-12-20-42(38)47)36-22-24-44(51-26-28-53-46(49)32(2)55)40(30-36)34-15-7-4-8-16-34/h3-24,29-32,54-55H,25-28H2,1-2H3. The molecule has 1 aliphatic carbocycles. The third kappa shape index (κ3) is 7.75. The van der Waals surface area contributed by atoms with Crippen LogP contribution >= 0.6 is 25.3 Å². The van der Waals surface area contributed by atoms with Gasteiger partial charge in [-0.3, -0.25) is 9.59 Å². The Morgan fingerprint density at radius 1 is 0.491 bits per heavy atom. The zero-order chi connectivity index (χ0) is 38.4. The lowest BCUT2D eigenvalue weighted by Crippen LogP contribution is -2.29. The van der Waals surface area contributed by atoms with Gasteiger partial charge in [0.2, 0.25) is 0 Å². The van der Waals surface area contributed by atoms with Crippen LogP contribution < -0.4 is 9.47 Å². The second kappa shape index (κ2) is 16.9. The van der Waals surface area contributed by atoms with E-state index in [0.717, 1.165) is 44.5 Å². The predicted octanol–water partition coefficient (Wildman–Crippen LogP) is 9.86. The zero-order valence-electron chi connectivity index (χ0n) is 30.7. The summed E-state index contributed by atoms with van der Waals surface area (Å²) in [6, 6.07) is 50.4. The Labute approximate surface area is 333 Å². The summed E-state index contributed by atoms with van der Waals surface area (Å²) >= 11 is 8.37. The summed E-state index contributed by atoms with van der Waals surface area (Å²) in [6.45, 7) is 3.97. The average molecular weight is 767 g/mol. The van der Waals surface area contributed by atoms with Crippen LogP contribution in [0.5, 0.6) is 11.5 Å². The minimum Gasteiger partial charge on any atom is -0.489 e. The van der Waals surface area contributed by atoms with Gasteiger partial charge in [0.05, 0.1) is 15.9 Å². The van der Waals surface area contributed by atoms with E-state index < -0.39 is 15.9 Å². The van der Waals surface area contributed by atoms with Gasteiger partial charge in [-0.05, 0) is 82.6 Å². The molecule has 0 amide bonds. The molecule has 0 saturated carbocycles. The van der Waals surface area contributed by atoms with Crippen molar-refractivity contribution in [2.45, 2.75) is 29.8 Å². The lowest BCUT2D eigenvalue weighted by atomic mass is 9.67. The number of fused-ring (bicyclic) bond motifs is 3. The molecule has 8 heteroatoms. The van der Waals surface area contributed by atoms with Gasteiger partial charge in [0.15, 0.2) is 0 Å². The van der Waals surface area contributed by atoms with Crippen molar-refractivity contribution in [3.63, 3.8) is 0 Å². The van der Waals surface area contributed by atoms with Crippen molar-refractivity contribution in [1.29, 1.82) is 0 Å². The second-order valence-corrected chi connectivity index (χ2v) is 14.9. The average Bonchev–Trinajstić information content (AvgIpc) is 3.52. The SMILES string of the molecule is CC(S)C(=O)OCCOc1ccc(C2(c3ccc(OCCOC(=O)C(C)S)c(-c4ccccc4)c3)c3ccccc3-c3ccccc32)cc1-c1ccccc1. The monoisotopic (exact) mass is 766 g/mol. The van der Waals surface area contributed by atoms with Crippen LogP contribution in [0, 0.1) is 0 Å². The molecule has 278 valence electrons. The van der Waals surface area contributed by atoms with Crippen molar-refractivity contribution in [2.75, 3.05) is 26.4 Å². The first-order valence-corrected chi connectivity index (χ1v) is 19.4. The minimum absolute atomic E-state index is 0.109. The highest BCUT2D eigenvalue weighted by Gasteiger charge is 2.46. The van der Waals surface area contributed by atoms with E-state index in [1.54, 1.807) is 13.8 Å². The van der Waals surface area contributed by atoms with Gasteiger partial charge in [-0.2, -0.15) is 25.3 Å². The van der Waals surface area contributed by atoms with E-state index >= 15 is 0 Å². The van der Waals surface area contributed by atoms with Gasteiger partial charge in [-0.15, -0.1) is 0 Å². The number of thiol groups is 2. The maximum Gasteiger partial charge on any atom is 0.318 e. The Balaban J connectivity index is 1.39. The summed E-state index contributed by atoms with van der Waals surface area (Å²) in [4.78, 5) is 24.1. The van der Waals surface area contributed by atoms with Crippen molar-refractivity contribution in [3.05, 3.63) is 168 Å². The van der Waals surface area contributed by atoms with Gasteiger partial charge >= 0.3 is 11.9 Å². The van der Waals surface area contributed by atoms with E-state index in [1.807, 2.05) is 48.5 Å². The highest BCUT2D eigenvalue weighted by Crippen LogP contribution is 2.57. The number of hydrogen-bond donors (Lipinski definition) is 2. The van der Waals surface area contributed by atoms with Crippen LogP contribution in [-0.2, 0) is 24.5 Å². The maximum atomic E-state index is 12.1. The first kappa shape index (κ1) is 37.9. The highest BCUT2D eigenvalue weighted by atomic mass is 32.1. The fraction of sp³-hybridized carbons (Fsp3) is 0.191. The molecule has 2 atom stereocenters. The largest absolute Gasteiger partial charge is 0.489 e. The number of carbonyl (C=O) groups is 2. The summed E-state index contributed by atoms with van der Waals surface area (Å²) in [7, 11) is 0. The number of hydrogen-bond acceptors (Lipinski definition) is 8. The fourth-order valence-electron chi connectivity index (χ4n) is 7.32. The summed E-state index contributed by atoms with van der Waals surface area (Å²) in [6.07, 6.45) is 0. The highest BCUT2D eigenvalue weighted by molar-refractivity contribution is 7.82. The molecule has 1 aliphatic rings. The van der Waals surface area contributed by atoms with Crippen LogP contribution in [0.2, 0.25) is 0 Å². The van der Waals surface area contributed by atoms with Crippen LogP contribution in [0.25, 0.3) is 33.4 Å². The molecule has 2 unspecified atom stereocenters. The Hall–Kier alpha value is -5.44. The summed E-state index contributed by atoms with van der Waals surface area (Å²) in [5, 5.41) is -1.02. The van der Waals surface area contributed by atoms with Gasteiger partial charge < -0.3 is 18.9 Å². The normalized spacial score (nSPS) is 13.5. The van der Waals surface area contributed by atoms with Crippen molar-refractivity contribution >= 4 is 37.2 Å². The number of ether oxygens (including phenoxy) is 4. The lowest BCUT2D eigenvalue weighted by molar-refractivity contribution is -0.144. The fourth-order valence-corrected chi connectivity index (χ4v) is 7.47. The molecule has 6 aromatic rings. The van der Waals surface area contributed by atoms with Gasteiger partial charge in [0.25, 0.3) is 0 Å². The van der Waals surface area contributed by atoms with E-state index in [0.29, 0.717) is 11.5 Å². The van der Waals surface area contributed by atoms with Crippen molar-refractivity contribution in [3.8, 4) is 44.9 Å². The molecule has 6 nitrogen and oxygen atoms in total. The van der Waals surface area contributed by atoms with Gasteiger partial charge in [-0.25, -0.2) is 0 Å². The summed E-state index contributed by atoms with van der Waals surface area (Å²) < 4.78 is 23.4. The summed E-state index contributed by atoms with van der Waals surface area (Å²) in [5.41, 5.74) is 9.89. The van der Waals surface area contributed by atoms with E-state index in [1.165, 1.54) is 11.1 Å². The molecule has 0 saturated heterocycles. The molecule has 0 heterocycles. The Bertz CT molecular complexity index is 2120. The molecule has 6 aromatic carbocycles. The van der Waals surface area contributed by atoms with Crippen LogP contribution in [0.3, 0.4) is 0 Å². The maximum absolute atomic E-state index is 12.1. The molecular formula is C47H42O6S2. The zero-order valence-corrected chi connectivity index (χ0v) is 32.5. The molecule has 0 aromatic heterocycles. The molecule has 0 N–H and O–H groups in total. The van der Waals surface area contributed by atoms with E-state index in [4.69, 9.17) is 18.9 Å². The summed E-state index contributed by atoms with van der Waals surface area (Å²) in [5.74, 6) is 0.593. The van der Waals surface area contributed by atoms with Crippen molar-refractivity contribution in [1.82, 2.24) is 0 Å². The van der Waals surface area contributed by atoms with Gasteiger partial charge in [0, 0.05) is 11.1 Å². The molecule has 0 radical (unpaired) electrons. The third-order valence-corrected chi connectivity index (χ3v) is 10.2.